The fourth-order valence-corrected chi connectivity index (χ4v) is 4.73. The van der Waals surface area contributed by atoms with Gasteiger partial charge in [0.05, 0.1) is 0 Å². The molecule has 2 amide bonds. The van der Waals surface area contributed by atoms with Crippen molar-refractivity contribution in [2.75, 3.05) is 19.6 Å². The fraction of sp³-hybridized carbons (Fsp3) is 0.519. The molecule has 176 valence electrons. The van der Waals surface area contributed by atoms with Gasteiger partial charge in [-0.1, -0.05) is 35.9 Å². The molecule has 2 aliphatic rings. The maximum absolute atomic E-state index is 12.9. The summed E-state index contributed by atoms with van der Waals surface area (Å²) in [5.74, 6) is 1.29. The van der Waals surface area contributed by atoms with E-state index in [2.05, 4.69) is 23.2 Å². The SMILES string of the molecule is CC(C)N(CCC(=O)N1CCC(c2nc3ccccc3o2)CC1)C(=O)CCC1=CCCC=C1. The second-order valence-electron chi connectivity index (χ2n) is 9.36. The lowest BCUT2D eigenvalue weighted by Crippen LogP contribution is -2.42. The third-order valence-electron chi connectivity index (χ3n) is 6.72. The van der Waals surface area contributed by atoms with Crippen LogP contribution in [0.25, 0.3) is 11.1 Å². The van der Waals surface area contributed by atoms with Crippen molar-refractivity contribution in [1.82, 2.24) is 14.8 Å². The van der Waals surface area contributed by atoms with Crippen LogP contribution in [0.4, 0.5) is 0 Å². The highest BCUT2D eigenvalue weighted by Crippen LogP contribution is 2.30. The Morgan fingerprint density at radius 1 is 1.15 bits per heavy atom. The van der Waals surface area contributed by atoms with E-state index in [1.54, 1.807) is 0 Å². The molecule has 4 rings (SSSR count). The summed E-state index contributed by atoms with van der Waals surface area (Å²) < 4.78 is 5.93. The van der Waals surface area contributed by atoms with Crippen molar-refractivity contribution in [1.29, 1.82) is 0 Å². The van der Waals surface area contributed by atoms with Crippen molar-refractivity contribution in [2.45, 2.75) is 70.8 Å². The molecule has 1 aromatic heterocycles. The van der Waals surface area contributed by atoms with Crippen LogP contribution in [0.1, 0.15) is 70.6 Å². The van der Waals surface area contributed by atoms with E-state index in [0.29, 0.717) is 32.5 Å². The number of para-hydroxylation sites is 2. The Balaban J connectivity index is 1.24. The highest BCUT2D eigenvalue weighted by Gasteiger charge is 2.27. The van der Waals surface area contributed by atoms with Gasteiger partial charge in [-0.05, 0) is 58.1 Å². The van der Waals surface area contributed by atoms with Crippen LogP contribution in [0.2, 0.25) is 0 Å². The molecule has 1 aromatic carbocycles. The van der Waals surface area contributed by atoms with Gasteiger partial charge in [-0.3, -0.25) is 9.59 Å². The molecule has 1 fully saturated rings. The topological polar surface area (TPSA) is 66.7 Å². The fourth-order valence-electron chi connectivity index (χ4n) is 4.73. The van der Waals surface area contributed by atoms with Crippen molar-refractivity contribution in [3.05, 3.63) is 54.0 Å². The minimum atomic E-state index is 0.0890. The third kappa shape index (κ3) is 5.92. The average Bonchev–Trinajstić information content (AvgIpc) is 3.28. The normalized spacial score (nSPS) is 16.9. The number of nitrogens with zero attached hydrogens (tertiary/aromatic N) is 3. The van der Waals surface area contributed by atoms with Crippen LogP contribution in [-0.4, -0.2) is 52.3 Å². The Hall–Kier alpha value is -2.89. The number of hydrogen-bond acceptors (Lipinski definition) is 4. The monoisotopic (exact) mass is 449 g/mol. The molecule has 0 saturated carbocycles. The minimum Gasteiger partial charge on any atom is -0.440 e. The number of aromatic nitrogens is 1. The first-order chi connectivity index (χ1) is 16.0. The van der Waals surface area contributed by atoms with Gasteiger partial charge in [0, 0.05) is 44.4 Å². The van der Waals surface area contributed by atoms with Gasteiger partial charge in [0.2, 0.25) is 11.8 Å². The number of amides is 2. The number of oxazole rings is 1. The molecule has 0 spiro atoms. The van der Waals surface area contributed by atoms with E-state index >= 15 is 0 Å². The Morgan fingerprint density at radius 2 is 1.94 bits per heavy atom. The van der Waals surface area contributed by atoms with Gasteiger partial charge in [-0.2, -0.15) is 0 Å². The molecule has 2 heterocycles. The molecule has 0 bridgehead atoms. The van der Waals surface area contributed by atoms with Crippen LogP contribution in [0, 0.1) is 0 Å². The molecule has 0 N–H and O–H groups in total. The van der Waals surface area contributed by atoms with Crippen molar-refractivity contribution >= 4 is 22.9 Å². The maximum Gasteiger partial charge on any atom is 0.224 e. The lowest BCUT2D eigenvalue weighted by Gasteiger charge is -2.32. The summed E-state index contributed by atoms with van der Waals surface area (Å²) in [5, 5.41) is 0. The van der Waals surface area contributed by atoms with Crippen LogP contribution in [0.3, 0.4) is 0 Å². The number of likely N-dealkylation sites (tertiary alicyclic amines) is 1. The van der Waals surface area contributed by atoms with Gasteiger partial charge < -0.3 is 14.2 Å². The molecule has 1 aliphatic carbocycles. The van der Waals surface area contributed by atoms with E-state index in [1.165, 1.54) is 5.57 Å². The summed E-state index contributed by atoms with van der Waals surface area (Å²) in [6.07, 6.45) is 12.0. The molecule has 6 nitrogen and oxygen atoms in total. The summed E-state index contributed by atoms with van der Waals surface area (Å²) in [4.78, 5) is 34.1. The Bertz CT molecular complexity index is 995. The highest BCUT2D eigenvalue weighted by atomic mass is 16.3. The number of allylic oxidation sites excluding steroid dienone is 4. The van der Waals surface area contributed by atoms with Crippen molar-refractivity contribution < 1.29 is 14.0 Å². The van der Waals surface area contributed by atoms with Crippen LogP contribution in [0.5, 0.6) is 0 Å². The molecule has 33 heavy (non-hydrogen) atoms. The number of fused-ring (bicyclic) bond motifs is 1. The molecule has 1 saturated heterocycles. The molecule has 0 radical (unpaired) electrons. The quantitative estimate of drug-likeness (QED) is 0.554. The minimum absolute atomic E-state index is 0.0890. The van der Waals surface area contributed by atoms with Crippen LogP contribution in [-0.2, 0) is 9.59 Å². The number of rotatable bonds is 8. The smallest absolute Gasteiger partial charge is 0.224 e. The first kappa shape index (κ1) is 23.3. The van der Waals surface area contributed by atoms with Crippen LogP contribution >= 0.6 is 0 Å². The first-order valence-corrected chi connectivity index (χ1v) is 12.3. The van der Waals surface area contributed by atoms with Gasteiger partial charge in [0.1, 0.15) is 5.52 Å². The molecule has 2 aromatic rings. The summed E-state index contributed by atoms with van der Waals surface area (Å²) in [6, 6.07) is 7.91. The van der Waals surface area contributed by atoms with Crippen LogP contribution in [0.15, 0.2) is 52.5 Å². The van der Waals surface area contributed by atoms with E-state index in [9.17, 15) is 9.59 Å². The highest BCUT2D eigenvalue weighted by molar-refractivity contribution is 5.79. The third-order valence-corrected chi connectivity index (χ3v) is 6.72. The summed E-state index contributed by atoms with van der Waals surface area (Å²) in [7, 11) is 0. The number of carbonyl (C=O) groups excluding carboxylic acids is 2. The van der Waals surface area contributed by atoms with Gasteiger partial charge in [-0.15, -0.1) is 0 Å². The average molecular weight is 450 g/mol. The molecular formula is C27H35N3O3. The van der Waals surface area contributed by atoms with Crippen LogP contribution < -0.4 is 0 Å². The van der Waals surface area contributed by atoms with Gasteiger partial charge in [0.15, 0.2) is 11.5 Å². The Labute approximate surface area is 196 Å². The Morgan fingerprint density at radius 3 is 2.64 bits per heavy atom. The zero-order valence-corrected chi connectivity index (χ0v) is 19.8. The maximum atomic E-state index is 12.9. The van der Waals surface area contributed by atoms with Gasteiger partial charge >= 0.3 is 0 Å². The number of carbonyl (C=O) groups is 2. The molecule has 0 atom stereocenters. The lowest BCUT2D eigenvalue weighted by atomic mass is 9.96. The predicted molar refractivity (Wildman–Crippen MR) is 130 cm³/mol. The second kappa shape index (κ2) is 10.8. The number of hydrogen-bond donors (Lipinski definition) is 0. The van der Waals surface area contributed by atoms with Crippen molar-refractivity contribution in [3.8, 4) is 0 Å². The predicted octanol–water partition coefficient (Wildman–Crippen LogP) is 5.22. The van der Waals surface area contributed by atoms with E-state index < -0.39 is 0 Å². The lowest BCUT2D eigenvalue weighted by molar-refractivity contribution is -0.136. The second-order valence-corrected chi connectivity index (χ2v) is 9.36. The Kier molecular flexibility index (Phi) is 7.63. The van der Waals surface area contributed by atoms with E-state index in [-0.39, 0.29) is 23.8 Å². The molecule has 0 unspecified atom stereocenters. The summed E-state index contributed by atoms with van der Waals surface area (Å²) in [6.45, 7) is 5.94. The first-order valence-electron chi connectivity index (χ1n) is 12.3. The van der Waals surface area contributed by atoms with Crippen molar-refractivity contribution in [2.24, 2.45) is 0 Å². The van der Waals surface area contributed by atoms with E-state index in [1.807, 2.05) is 47.9 Å². The zero-order valence-electron chi connectivity index (χ0n) is 19.8. The molecule has 1 aliphatic heterocycles. The molecular weight excluding hydrogens is 414 g/mol. The number of benzene rings is 1. The summed E-state index contributed by atoms with van der Waals surface area (Å²) >= 11 is 0. The van der Waals surface area contributed by atoms with E-state index in [4.69, 9.17) is 4.42 Å². The standard InChI is InChI=1S/C27H35N3O3/c1-20(2)30(26(32)13-12-21-8-4-3-5-9-21)19-16-25(31)29-17-14-22(15-18-29)27-28-23-10-6-7-11-24(23)33-27/h4,6-11,20,22H,3,5,12-19H2,1-2H3. The zero-order chi connectivity index (χ0) is 23.2. The van der Waals surface area contributed by atoms with Crippen molar-refractivity contribution in [3.63, 3.8) is 0 Å². The number of piperidine rings is 1. The summed E-state index contributed by atoms with van der Waals surface area (Å²) in [5.41, 5.74) is 2.96. The largest absolute Gasteiger partial charge is 0.440 e. The van der Waals surface area contributed by atoms with Gasteiger partial charge in [0.25, 0.3) is 0 Å². The molecule has 6 heteroatoms. The van der Waals surface area contributed by atoms with Gasteiger partial charge in [-0.25, -0.2) is 4.98 Å². The van der Waals surface area contributed by atoms with E-state index in [0.717, 1.165) is 49.1 Å².